The second-order valence-corrected chi connectivity index (χ2v) is 4.34. The lowest BCUT2D eigenvalue weighted by Crippen LogP contribution is -2.13. The maximum absolute atomic E-state index is 9.60. The Morgan fingerprint density at radius 2 is 2.15 bits per heavy atom. The Kier molecular flexibility index (Phi) is 2.76. The van der Waals surface area contributed by atoms with Crippen LogP contribution in [-0.2, 0) is 12.0 Å². The topological polar surface area (TPSA) is 46.3 Å². The molecule has 0 aliphatic rings. The number of rotatable bonds is 3. The summed E-state index contributed by atoms with van der Waals surface area (Å²) < 4.78 is 5.03. The van der Waals surface area contributed by atoms with Crippen molar-refractivity contribution in [1.82, 2.24) is 5.16 Å². The fourth-order valence-corrected chi connectivity index (χ4v) is 1.11. The third-order valence-corrected chi connectivity index (χ3v) is 1.78. The fraction of sp³-hybridized carbons (Fsp3) is 0.700. The first-order chi connectivity index (χ1) is 5.89. The SMILES string of the molecule is CC(C)Cc1cc(C(C)(C)O)on1. The van der Waals surface area contributed by atoms with Gasteiger partial charge in [-0.25, -0.2) is 0 Å². The lowest BCUT2D eigenvalue weighted by Gasteiger charge is -2.11. The van der Waals surface area contributed by atoms with Gasteiger partial charge in [-0.2, -0.15) is 0 Å². The summed E-state index contributed by atoms with van der Waals surface area (Å²) in [6.07, 6.45) is 0.888. The summed E-state index contributed by atoms with van der Waals surface area (Å²) in [5.41, 5.74) is -0.0190. The van der Waals surface area contributed by atoms with Crippen molar-refractivity contribution in [2.24, 2.45) is 5.92 Å². The summed E-state index contributed by atoms with van der Waals surface area (Å²) in [4.78, 5) is 0. The molecule has 0 aliphatic carbocycles. The van der Waals surface area contributed by atoms with Gasteiger partial charge >= 0.3 is 0 Å². The van der Waals surface area contributed by atoms with Crippen LogP contribution in [0.5, 0.6) is 0 Å². The van der Waals surface area contributed by atoms with Gasteiger partial charge in [0.05, 0.1) is 5.69 Å². The summed E-state index contributed by atoms with van der Waals surface area (Å²) in [7, 11) is 0. The van der Waals surface area contributed by atoms with Gasteiger partial charge in [-0.05, 0) is 26.2 Å². The molecule has 0 atom stereocenters. The van der Waals surface area contributed by atoms with Gasteiger partial charge in [-0.1, -0.05) is 19.0 Å². The molecule has 1 heterocycles. The molecule has 3 nitrogen and oxygen atoms in total. The maximum atomic E-state index is 9.60. The standard InChI is InChI=1S/C10H17NO2/c1-7(2)5-8-6-9(13-11-8)10(3,4)12/h6-7,12H,5H2,1-4H3. The van der Waals surface area contributed by atoms with Crippen LogP contribution in [0.2, 0.25) is 0 Å². The molecule has 1 aromatic heterocycles. The second-order valence-electron chi connectivity index (χ2n) is 4.34. The van der Waals surface area contributed by atoms with E-state index in [9.17, 15) is 5.11 Å². The van der Waals surface area contributed by atoms with Gasteiger partial charge < -0.3 is 9.63 Å². The highest BCUT2D eigenvalue weighted by Crippen LogP contribution is 2.21. The van der Waals surface area contributed by atoms with Crippen molar-refractivity contribution in [3.05, 3.63) is 17.5 Å². The van der Waals surface area contributed by atoms with Crippen molar-refractivity contribution in [1.29, 1.82) is 0 Å². The molecular weight excluding hydrogens is 166 g/mol. The zero-order valence-corrected chi connectivity index (χ0v) is 8.66. The first kappa shape index (κ1) is 10.3. The maximum Gasteiger partial charge on any atom is 0.167 e. The molecule has 0 saturated heterocycles. The molecule has 0 aliphatic heterocycles. The van der Waals surface area contributed by atoms with E-state index in [0.29, 0.717) is 11.7 Å². The molecule has 0 unspecified atom stereocenters. The zero-order chi connectivity index (χ0) is 10.1. The summed E-state index contributed by atoms with van der Waals surface area (Å²) in [5.74, 6) is 1.09. The molecule has 0 bridgehead atoms. The Bertz CT molecular complexity index is 271. The number of aromatic nitrogens is 1. The Morgan fingerprint density at radius 3 is 2.54 bits per heavy atom. The number of aliphatic hydroxyl groups is 1. The predicted molar refractivity (Wildman–Crippen MR) is 50.3 cm³/mol. The van der Waals surface area contributed by atoms with E-state index >= 15 is 0 Å². The summed E-state index contributed by atoms with van der Waals surface area (Å²) in [6.45, 7) is 7.62. The van der Waals surface area contributed by atoms with Crippen LogP contribution >= 0.6 is 0 Å². The van der Waals surface area contributed by atoms with Crippen LogP contribution in [0, 0.1) is 5.92 Å². The molecule has 1 rings (SSSR count). The van der Waals surface area contributed by atoms with Crippen LogP contribution < -0.4 is 0 Å². The van der Waals surface area contributed by atoms with E-state index in [0.717, 1.165) is 12.1 Å². The number of nitrogens with zero attached hydrogens (tertiary/aromatic N) is 1. The molecule has 0 saturated carbocycles. The summed E-state index contributed by atoms with van der Waals surface area (Å²) in [6, 6.07) is 1.82. The minimum atomic E-state index is -0.928. The van der Waals surface area contributed by atoms with E-state index in [2.05, 4.69) is 19.0 Å². The van der Waals surface area contributed by atoms with Crippen LogP contribution in [0.4, 0.5) is 0 Å². The monoisotopic (exact) mass is 183 g/mol. The van der Waals surface area contributed by atoms with Crippen LogP contribution in [-0.4, -0.2) is 10.3 Å². The van der Waals surface area contributed by atoms with Gasteiger partial charge in [-0.15, -0.1) is 0 Å². The Hall–Kier alpha value is -0.830. The van der Waals surface area contributed by atoms with Crippen LogP contribution in [0.1, 0.15) is 39.1 Å². The van der Waals surface area contributed by atoms with E-state index in [4.69, 9.17) is 4.52 Å². The van der Waals surface area contributed by atoms with Gasteiger partial charge in [0.25, 0.3) is 0 Å². The van der Waals surface area contributed by atoms with E-state index in [1.54, 1.807) is 13.8 Å². The lowest BCUT2D eigenvalue weighted by atomic mass is 10.0. The van der Waals surface area contributed by atoms with E-state index in [1.165, 1.54) is 0 Å². The van der Waals surface area contributed by atoms with Crippen LogP contribution in [0.3, 0.4) is 0 Å². The highest BCUT2D eigenvalue weighted by molar-refractivity contribution is 5.11. The molecule has 0 aromatic carbocycles. The Morgan fingerprint density at radius 1 is 1.54 bits per heavy atom. The third-order valence-electron chi connectivity index (χ3n) is 1.78. The largest absolute Gasteiger partial charge is 0.382 e. The normalized spacial score (nSPS) is 12.5. The molecule has 0 spiro atoms. The molecule has 0 fully saturated rings. The molecule has 13 heavy (non-hydrogen) atoms. The van der Waals surface area contributed by atoms with Crippen LogP contribution in [0.25, 0.3) is 0 Å². The summed E-state index contributed by atoms with van der Waals surface area (Å²) >= 11 is 0. The Labute approximate surface area is 78.7 Å². The quantitative estimate of drug-likeness (QED) is 0.780. The van der Waals surface area contributed by atoms with Crippen molar-refractivity contribution in [2.45, 2.75) is 39.7 Å². The van der Waals surface area contributed by atoms with E-state index < -0.39 is 5.60 Å². The molecular formula is C10H17NO2. The van der Waals surface area contributed by atoms with Gasteiger partial charge in [0.2, 0.25) is 0 Å². The van der Waals surface area contributed by atoms with Gasteiger partial charge in [-0.3, -0.25) is 0 Å². The number of hydrogen-bond acceptors (Lipinski definition) is 3. The second kappa shape index (κ2) is 3.50. The average molecular weight is 183 g/mol. The van der Waals surface area contributed by atoms with Crippen molar-refractivity contribution < 1.29 is 9.63 Å². The predicted octanol–water partition coefficient (Wildman–Crippen LogP) is 2.10. The lowest BCUT2D eigenvalue weighted by molar-refractivity contribution is 0.0475. The first-order valence-electron chi connectivity index (χ1n) is 4.58. The first-order valence-corrected chi connectivity index (χ1v) is 4.58. The molecule has 3 heteroatoms. The highest BCUT2D eigenvalue weighted by atomic mass is 16.5. The zero-order valence-electron chi connectivity index (χ0n) is 8.66. The van der Waals surface area contributed by atoms with Crippen molar-refractivity contribution in [2.75, 3.05) is 0 Å². The minimum absolute atomic E-state index is 0.531. The molecule has 74 valence electrons. The minimum Gasteiger partial charge on any atom is -0.382 e. The average Bonchev–Trinajstić information content (AvgIpc) is 2.32. The van der Waals surface area contributed by atoms with Crippen LogP contribution in [0.15, 0.2) is 10.6 Å². The molecule has 1 aromatic rings. The third kappa shape index (κ3) is 2.84. The molecule has 1 N–H and O–H groups in total. The molecule has 0 radical (unpaired) electrons. The fourth-order valence-electron chi connectivity index (χ4n) is 1.11. The van der Waals surface area contributed by atoms with Gasteiger partial charge in [0.15, 0.2) is 5.76 Å². The highest BCUT2D eigenvalue weighted by Gasteiger charge is 2.21. The molecule has 0 amide bonds. The summed E-state index contributed by atoms with van der Waals surface area (Å²) in [5, 5.41) is 13.5. The number of hydrogen-bond donors (Lipinski definition) is 1. The van der Waals surface area contributed by atoms with Crippen molar-refractivity contribution in [3.63, 3.8) is 0 Å². The Balaban J connectivity index is 2.75. The van der Waals surface area contributed by atoms with Gasteiger partial charge in [0, 0.05) is 6.07 Å². The smallest absolute Gasteiger partial charge is 0.167 e. The van der Waals surface area contributed by atoms with E-state index in [-0.39, 0.29) is 0 Å². The van der Waals surface area contributed by atoms with Crippen molar-refractivity contribution in [3.8, 4) is 0 Å². The van der Waals surface area contributed by atoms with E-state index in [1.807, 2.05) is 6.07 Å². The van der Waals surface area contributed by atoms with Crippen molar-refractivity contribution >= 4 is 0 Å². The van der Waals surface area contributed by atoms with Gasteiger partial charge in [0.1, 0.15) is 5.60 Å².